The van der Waals surface area contributed by atoms with E-state index >= 15 is 0 Å². The monoisotopic (exact) mass is 311 g/mol. The second-order valence-corrected chi connectivity index (χ2v) is 4.88. The molecule has 0 aliphatic carbocycles. The van der Waals surface area contributed by atoms with E-state index in [0.29, 0.717) is 4.90 Å². The number of hydrogen-bond donors (Lipinski definition) is 1. The molecule has 2 amide bonds. The molecule has 0 bridgehead atoms. The number of phenolic OH excluding ortho intramolecular Hbond substituents is 1. The Balaban J connectivity index is 0.00000200. The van der Waals surface area contributed by atoms with E-state index in [4.69, 9.17) is 16.3 Å². The normalized spacial score (nSPS) is 18.2. The zero-order valence-corrected chi connectivity index (χ0v) is 10.9. The van der Waals surface area contributed by atoms with Crippen molar-refractivity contribution in [2.75, 3.05) is 4.90 Å². The Morgan fingerprint density at radius 3 is 2.50 bits per heavy atom. The van der Waals surface area contributed by atoms with Gasteiger partial charge < -0.3 is 9.84 Å². The van der Waals surface area contributed by atoms with Gasteiger partial charge in [0.2, 0.25) is 0 Å². The SMILES string of the molecule is CC(C)C1OC(=O)N(c2cc(O)c(Cl)cc2F)C1=O.[NaH]. The summed E-state index contributed by atoms with van der Waals surface area (Å²) in [4.78, 5) is 24.2. The number of aromatic hydroxyl groups is 1. The maximum atomic E-state index is 13.8. The number of cyclic esters (lactones) is 1. The van der Waals surface area contributed by atoms with Crippen LogP contribution in [0, 0.1) is 11.7 Å². The molecule has 1 saturated heterocycles. The van der Waals surface area contributed by atoms with Crippen LogP contribution in [0.4, 0.5) is 14.9 Å². The predicted molar refractivity (Wildman–Crippen MR) is 72.8 cm³/mol. The first kappa shape index (κ1) is 17.2. The quantitative estimate of drug-likeness (QED) is 0.849. The Morgan fingerprint density at radius 2 is 2.00 bits per heavy atom. The van der Waals surface area contributed by atoms with Gasteiger partial charge in [-0.2, -0.15) is 0 Å². The number of anilines is 1. The molecule has 0 saturated carbocycles. The number of imide groups is 1. The van der Waals surface area contributed by atoms with Gasteiger partial charge in [0.15, 0.2) is 6.10 Å². The zero-order chi connectivity index (χ0) is 14.3. The van der Waals surface area contributed by atoms with E-state index in [1.807, 2.05) is 0 Å². The van der Waals surface area contributed by atoms with E-state index in [9.17, 15) is 19.1 Å². The van der Waals surface area contributed by atoms with Gasteiger partial charge in [-0.15, -0.1) is 0 Å². The third-order valence-corrected chi connectivity index (χ3v) is 3.04. The number of nitrogens with zero attached hydrogens (tertiary/aromatic N) is 1. The second kappa shape index (κ2) is 6.30. The summed E-state index contributed by atoms with van der Waals surface area (Å²) in [6, 6.07) is 1.75. The van der Waals surface area contributed by atoms with Gasteiger partial charge in [0.1, 0.15) is 11.6 Å². The first-order valence-electron chi connectivity index (χ1n) is 5.55. The minimum absolute atomic E-state index is 0. The Labute approximate surface area is 141 Å². The van der Waals surface area contributed by atoms with Gasteiger partial charge >= 0.3 is 35.7 Å². The van der Waals surface area contributed by atoms with E-state index < -0.39 is 29.7 Å². The van der Waals surface area contributed by atoms with Crippen LogP contribution in [0.25, 0.3) is 0 Å². The average Bonchev–Trinajstić information content (AvgIpc) is 2.60. The van der Waals surface area contributed by atoms with Gasteiger partial charge in [-0.1, -0.05) is 25.4 Å². The van der Waals surface area contributed by atoms with Crippen LogP contribution in [0.2, 0.25) is 5.02 Å². The van der Waals surface area contributed by atoms with Crippen LogP contribution in [0.15, 0.2) is 12.1 Å². The first-order valence-corrected chi connectivity index (χ1v) is 5.93. The Kier molecular flexibility index (Phi) is 5.43. The Morgan fingerprint density at radius 1 is 1.40 bits per heavy atom. The number of hydrogen-bond acceptors (Lipinski definition) is 4. The molecule has 1 aromatic rings. The van der Waals surface area contributed by atoms with Crippen molar-refractivity contribution in [3.8, 4) is 5.75 Å². The minimum atomic E-state index is -0.968. The van der Waals surface area contributed by atoms with E-state index in [1.54, 1.807) is 13.8 Å². The fraction of sp³-hybridized carbons (Fsp3) is 0.333. The van der Waals surface area contributed by atoms with Gasteiger partial charge in [0, 0.05) is 6.07 Å². The molecule has 0 radical (unpaired) electrons. The van der Waals surface area contributed by atoms with E-state index in [1.165, 1.54) is 0 Å². The molecule has 1 aliphatic rings. The van der Waals surface area contributed by atoms with Gasteiger partial charge in [-0.25, -0.2) is 14.1 Å². The predicted octanol–water partition coefficient (Wildman–Crippen LogP) is 2.04. The molecule has 1 fully saturated rings. The number of rotatable bonds is 2. The number of carbonyl (C=O) groups is 2. The summed E-state index contributed by atoms with van der Waals surface area (Å²) in [5.74, 6) is -2.21. The molecule has 0 spiro atoms. The van der Waals surface area contributed by atoms with Crippen LogP contribution in [0.5, 0.6) is 5.75 Å². The molecule has 2 rings (SSSR count). The van der Waals surface area contributed by atoms with Crippen molar-refractivity contribution >= 4 is 58.8 Å². The number of phenols is 1. The van der Waals surface area contributed by atoms with Crippen LogP contribution in [-0.2, 0) is 9.53 Å². The third-order valence-electron chi connectivity index (χ3n) is 2.74. The summed E-state index contributed by atoms with van der Waals surface area (Å²) in [5, 5.41) is 9.24. The van der Waals surface area contributed by atoms with Crippen molar-refractivity contribution in [3.63, 3.8) is 0 Å². The van der Waals surface area contributed by atoms with Gasteiger partial charge in [-0.3, -0.25) is 4.79 Å². The molecule has 1 heterocycles. The van der Waals surface area contributed by atoms with Crippen LogP contribution in [0.3, 0.4) is 0 Å². The molecule has 8 heteroatoms. The molecule has 1 aliphatic heterocycles. The fourth-order valence-electron chi connectivity index (χ4n) is 1.77. The summed E-state index contributed by atoms with van der Waals surface area (Å²) < 4.78 is 18.6. The van der Waals surface area contributed by atoms with Crippen molar-refractivity contribution in [1.29, 1.82) is 0 Å². The number of halogens is 2. The van der Waals surface area contributed by atoms with Crippen LogP contribution in [-0.4, -0.2) is 52.8 Å². The molecule has 1 atom stereocenters. The molecule has 0 aromatic heterocycles. The summed E-state index contributed by atoms with van der Waals surface area (Å²) >= 11 is 5.53. The van der Waals surface area contributed by atoms with Gasteiger partial charge in [0.05, 0.1) is 10.7 Å². The van der Waals surface area contributed by atoms with Crippen molar-refractivity contribution in [3.05, 3.63) is 23.0 Å². The van der Waals surface area contributed by atoms with Gasteiger partial charge in [0.25, 0.3) is 5.91 Å². The molecule has 1 N–H and O–H groups in total. The third kappa shape index (κ3) is 2.93. The molecule has 104 valence electrons. The standard InChI is InChI=1S/C12H11ClFNO4.Na.H/c1-5(2)10-11(17)15(12(18)19-10)8-4-9(16)6(13)3-7(8)14;;/h3-5,10,16H,1-2H3;;. The molecular weight excluding hydrogens is 300 g/mol. The van der Waals surface area contributed by atoms with Gasteiger partial charge in [-0.05, 0) is 12.0 Å². The summed E-state index contributed by atoms with van der Waals surface area (Å²) in [6.45, 7) is 3.41. The Hall–Kier alpha value is -0.820. The number of ether oxygens (including phenoxy) is 1. The van der Waals surface area contributed by atoms with E-state index in [2.05, 4.69) is 0 Å². The van der Waals surface area contributed by atoms with Crippen molar-refractivity contribution < 1.29 is 23.8 Å². The first-order chi connectivity index (χ1) is 8.82. The van der Waals surface area contributed by atoms with Crippen LogP contribution in [0.1, 0.15) is 13.8 Å². The summed E-state index contributed by atoms with van der Waals surface area (Å²) in [5.41, 5.74) is -0.375. The van der Waals surface area contributed by atoms with Crippen molar-refractivity contribution in [2.24, 2.45) is 5.92 Å². The topological polar surface area (TPSA) is 66.8 Å². The number of carbonyl (C=O) groups excluding carboxylic acids is 2. The molecule has 20 heavy (non-hydrogen) atoms. The summed E-state index contributed by atoms with van der Waals surface area (Å²) in [7, 11) is 0. The van der Waals surface area contributed by atoms with Crippen molar-refractivity contribution in [1.82, 2.24) is 0 Å². The van der Waals surface area contributed by atoms with Crippen molar-refractivity contribution in [2.45, 2.75) is 20.0 Å². The fourth-order valence-corrected chi connectivity index (χ4v) is 1.92. The van der Waals surface area contributed by atoms with E-state index in [0.717, 1.165) is 12.1 Å². The number of benzene rings is 1. The van der Waals surface area contributed by atoms with E-state index in [-0.39, 0.29) is 46.2 Å². The average molecular weight is 312 g/mol. The number of amides is 2. The van der Waals surface area contributed by atoms with Crippen LogP contribution < -0.4 is 4.90 Å². The molecular formula is C12H12ClFNNaO4. The van der Waals surface area contributed by atoms with Crippen LogP contribution >= 0.6 is 11.6 Å². The Bertz CT molecular complexity index is 567. The molecule has 1 aromatic carbocycles. The zero-order valence-electron chi connectivity index (χ0n) is 10.2. The molecule has 5 nitrogen and oxygen atoms in total. The maximum absolute atomic E-state index is 13.8. The summed E-state index contributed by atoms with van der Waals surface area (Å²) in [6.07, 6.45) is -1.92. The molecule has 1 unspecified atom stereocenters. The second-order valence-electron chi connectivity index (χ2n) is 4.48.